The van der Waals surface area contributed by atoms with Crippen LogP contribution in [0.5, 0.6) is 5.75 Å². The molecule has 5 heteroatoms. The van der Waals surface area contributed by atoms with E-state index in [9.17, 15) is 14.3 Å². The van der Waals surface area contributed by atoms with Crippen LogP contribution in [0.3, 0.4) is 0 Å². The third kappa shape index (κ3) is 4.17. The number of aliphatic hydroxyl groups is 1. The third-order valence-electron chi connectivity index (χ3n) is 3.99. The van der Waals surface area contributed by atoms with Crippen LogP contribution in [-0.4, -0.2) is 41.7 Å². The lowest BCUT2D eigenvalue weighted by Crippen LogP contribution is -2.34. The summed E-state index contributed by atoms with van der Waals surface area (Å²) >= 11 is 0. The van der Waals surface area contributed by atoms with Crippen molar-refractivity contribution in [3.8, 4) is 5.75 Å². The Labute approximate surface area is 124 Å². The van der Waals surface area contributed by atoms with Gasteiger partial charge in [0.1, 0.15) is 0 Å². The average Bonchev–Trinajstić information content (AvgIpc) is 2.60. The first-order chi connectivity index (χ1) is 9.91. The van der Waals surface area contributed by atoms with Crippen LogP contribution in [0, 0.1) is 5.82 Å². The zero-order valence-corrected chi connectivity index (χ0v) is 12.6. The summed E-state index contributed by atoms with van der Waals surface area (Å²) in [4.78, 5) is 14.0. The molecule has 0 spiro atoms. The van der Waals surface area contributed by atoms with Gasteiger partial charge in [0.05, 0.1) is 19.1 Å². The number of carbonyl (C=O) groups is 1. The van der Waals surface area contributed by atoms with Crippen molar-refractivity contribution in [3.05, 3.63) is 29.6 Å². The summed E-state index contributed by atoms with van der Waals surface area (Å²) in [5, 5.41) is 10.0. The maximum atomic E-state index is 13.6. The molecule has 1 saturated heterocycles. The van der Waals surface area contributed by atoms with E-state index in [1.165, 1.54) is 19.2 Å². The highest BCUT2D eigenvalue weighted by atomic mass is 19.1. The Morgan fingerprint density at radius 2 is 2.19 bits per heavy atom. The molecule has 1 heterocycles. The number of hydrogen-bond donors (Lipinski definition) is 1. The predicted octanol–water partition coefficient (Wildman–Crippen LogP) is 2.14. The van der Waals surface area contributed by atoms with Crippen molar-refractivity contribution in [1.29, 1.82) is 0 Å². The van der Waals surface area contributed by atoms with Gasteiger partial charge in [-0.1, -0.05) is 6.07 Å². The molecule has 1 aliphatic heterocycles. The van der Waals surface area contributed by atoms with E-state index in [1.807, 2.05) is 0 Å². The second kappa shape index (κ2) is 6.43. The van der Waals surface area contributed by atoms with Crippen LogP contribution in [-0.2, 0) is 11.2 Å². The highest BCUT2D eigenvalue weighted by Crippen LogP contribution is 2.22. The molecule has 0 bridgehead atoms. The lowest BCUT2D eigenvalue weighted by molar-refractivity contribution is -0.130. The van der Waals surface area contributed by atoms with Gasteiger partial charge < -0.3 is 14.7 Å². The summed E-state index contributed by atoms with van der Waals surface area (Å²) in [6.45, 7) is 3.00. The lowest BCUT2D eigenvalue weighted by Gasteiger charge is -2.22. The van der Waals surface area contributed by atoms with Crippen LogP contribution >= 0.6 is 0 Å². The Bertz CT molecular complexity index is 516. The third-order valence-corrected chi connectivity index (χ3v) is 3.99. The number of halogens is 1. The molecular formula is C16H22FNO3. The maximum absolute atomic E-state index is 13.6. The molecule has 1 unspecified atom stereocenters. The van der Waals surface area contributed by atoms with Crippen LogP contribution in [0.4, 0.5) is 4.39 Å². The van der Waals surface area contributed by atoms with Crippen molar-refractivity contribution in [2.75, 3.05) is 20.2 Å². The molecule has 0 radical (unpaired) electrons. The highest BCUT2D eigenvalue weighted by Gasteiger charge is 2.27. The summed E-state index contributed by atoms with van der Waals surface area (Å²) in [7, 11) is 1.41. The lowest BCUT2D eigenvalue weighted by atomic mass is 9.98. The number of amides is 1. The van der Waals surface area contributed by atoms with Gasteiger partial charge in [-0.25, -0.2) is 4.39 Å². The van der Waals surface area contributed by atoms with E-state index in [2.05, 4.69) is 0 Å². The quantitative estimate of drug-likeness (QED) is 0.929. The van der Waals surface area contributed by atoms with Crippen molar-refractivity contribution in [1.82, 2.24) is 4.90 Å². The number of likely N-dealkylation sites (tertiary alicyclic amines) is 1. The maximum Gasteiger partial charge on any atom is 0.226 e. The fourth-order valence-electron chi connectivity index (χ4n) is 2.62. The van der Waals surface area contributed by atoms with Crippen LogP contribution in [0.1, 0.15) is 31.7 Å². The molecule has 4 nitrogen and oxygen atoms in total. The minimum absolute atomic E-state index is 0.0303. The molecule has 1 aliphatic rings. The van der Waals surface area contributed by atoms with Crippen molar-refractivity contribution in [2.45, 2.75) is 38.2 Å². The SMILES string of the molecule is COc1ccc(CC(=O)N2CCCC(C)(O)CC2)cc1F. The van der Waals surface area contributed by atoms with Crippen molar-refractivity contribution < 1.29 is 19.0 Å². The Morgan fingerprint density at radius 3 is 2.86 bits per heavy atom. The number of hydrogen-bond acceptors (Lipinski definition) is 3. The van der Waals surface area contributed by atoms with Crippen LogP contribution < -0.4 is 4.74 Å². The monoisotopic (exact) mass is 295 g/mol. The Balaban J connectivity index is 1.99. The number of ether oxygens (including phenoxy) is 1. The molecule has 1 aromatic carbocycles. The van der Waals surface area contributed by atoms with E-state index in [-0.39, 0.29) is 18.1 Å². The smallest absolute Gasteiger partial charge is 0.226 e. The van der Waals surface area contributed by atoms with Gasteiger partial charge in [0.15, 0.2) is 11.6 Å². The molecule has 1 amide bonds. The van der Waals surface area contributed by atoms with Crippen LogP contribution in [0.15, 0.2) is 18.2 Å². The molecule has 1 aromatic rings. The molecule has 2 rings (SSSR count). The largest absolute Gasteiger partial charge is 0.494 e. The van der Waals surface area contributed by atoms with Crippen molar-refractivity contribution in [2.24, 2.45) is 0 Å². The van der Waals surface area contributed by atoms with E-state index in [4.69, 9.17) is 4.74 Å². The molecule has 0 saturated carbocycles. The van der Waals surface area contributed by atoms with Gasteiger partial charge in [-0.3, -0.25) is 4.79 Å². The van der Waals surface area contributed by atoms with Crippen LogP contribution in [0.2, 0.25) is 0 Å². The van der Waals surface area contributed by atoms with E-state index in [0.29, 0.717) is 31.5 Å². The van der Waals surface area contributed by atoms with Gasteiger partial charge >= 0.3 is 0 Å². The fourth-order valence-corrected chi connectivity index (χ4v) is 2.62. The number of rotatable bonds is 3. The second-order valence-corrected chi connectivity index (χ2v) is 5.88. The highest BCUT2D eigenvalue weighted by molar-refractivity contribution is 5.78. The molecule has 1 atom stereocenters. The number of benzene rings is 1. The Hall–Kier alpha value is -1.62. The first-order valence-electron chi connectivity index (χ1n) is 7.24. The topological polar surface area (TPSA) is 49.8 Å². The van der Waals surface area contributed by atoms with Gasteiger partial charge in [0.2, 0.25) is 5.91 Å². The van der Waals surface area contributed by atoms with Gasteiger partial charge in [0.25, 0.3) is 0 Å². The summed E-state index contributed by atoms with van der Waals surface area (Å²) < 4.78 is 18.5. The number of carbonyl (C=O) groups excluding carboxylic acids is 1. The van der Waals surface area contributed by atoms with Gasteiger partial charge in [-0.15, -0.1) is 0 Å². The van der Waals surface area contributed by atoms with Gasteiger partial charge in [0, 0.05) is 13.1 Å². The predicted molar refractivity (Wildman–Crippen MR) is 77.7 cm³/mol. The summed E-state index contributed by atoms with van der Waals surface area (Å²) in [5.41, 5.74) is -0.0596. The summed E-state index contributed by atoms with van der Waals surface area (Å²) in [6, 6.07) is 4.57. The summed E-state index contributed by atoms with van der Waals surface area (Å²) in [5.74, 6) is -0.309. The first-order valence-corrected chi connectivity index (χ1v) is 7.24. The molecule has 0 aliphatic carbocycles. The zero-order valence-electron chi connectivity index (χ0n) is 12.6. The Morgan fingerprint density at radius 1 is 1.43 bits per heavy atom. The Kier molecular flexibility index (Phi) is 4.83. The second-order valence-electron chi connectivity index (χ2n) is 5.88. The van der Waals surface area contributed by atoms with E-state index < -0.39 is 11.4 Å². The van der Waals surface area contributed by atoms with E-state index >= 15 is 0 Å². The van der Waals surface area contributed by atoms with Gasteiger partial charge in [-0.05, 0) is 43.9 Å². The molecule has 1 N–H and O–H groups in total. The molecule has 116 valence electrons. The van der Waals surface area contributed by atoms with Crippen molar-refractivity contribution >= 4 is 5.91 Å². The minimum Gasteiger partial charge on any atom is -0.494 e. The molecule has 1 fully saturated rings. The van der Waals surface area contributed by atoms with E-state index in [1.54, 1.807) is 17.9 Å². The summed E-state index contributed by atoms with van der Waals surface area (Å²) in [6.07, 6.45) is 2.24. The van der Waals surface area contributed by atoms with Crippen molar-refractivity contribution in [3.63, 3.8) is 0 Å². The molecule has 0 aromatic heterocycles. The van der Waals surface area contributed by atoms with Crippen LogP contribution in [0.25, 0.3) is 0 Å². The normalized spacial score (nSPS) is 22.8. The fraction of sp³-hybridized carbons (Fsp3) is 0.562. The molecular weight excluding hydrogens is 273 g/mol. The zero-order chi connectivity index (χ0) is 15.5. The first kappa shape index (κ1) is 15.8. The average molecular weight is 295 g/mol. The van der Waals surface area contributed by atoms with Gasteiger partial charge in [-0.2, -0.15) is 0 Å². The standard InChI is InChI=1S/C16H22FNO3/c1-16(20)6-3-8-18(9-7-16)15(19)11-12-4-5-14(21-2)13(17)10-12/h4-5,10,20H,3,6-9,11H2,1-2H3. The molecule has 21 heavy (non-hydrogen) atoms. The minimum atomic E-state index is -0.693. The number of nitrogens with zero attached hydrogens (tertiary/aromatic N) is 1. The van der Waals surface area contributed by atoms with E-state index in [0.717, 1.165) is 6.42 Å². The number of methoxy groups -OCH3 is 1.